The molecule has 2 N–H and O–H groups in total. The first-order valence-electron chi connectivity index (χ1n) is 2.14. The van der Waals surface area contributed by atoms with Crippen LogP contribution in [0, 0.1) is 0 Å². The van der Waals surface area contributed by atoms with E-state index in [1.807, 2.05) is 6.26 Å². The van der Waals surface area contributed by atoms with Crippen molar-refractivity contribution in [3.63, 3.8) is 0 Å². The molecular formula is C4H10N2OS. The second kappa shape index (κ2) is 4.93. The van der Waals surface area contributed by atoms with E-state index in [0.717, 1.165) is 0 Å². The molecule has 0 fully saturated rings. The predicted octanol–water partition coefficient (Wildman–Crippen LogP) is 0.268. The highest BCUT2D eigenvalue weighted by Gasteiger charge is 1.81. The topological polar surface area (TPSA) is 47.6 Å². The smallest absolute Gasteiger partial charge is 0.155 e. The first kappa shape index (κ1) is 7.78. The zero-order valence-electron chi connectivity index (χ0n) is 5.05. The Morgan fingerprint density at radius 2 is 2.50 bits per heavy atom. The van der Waals surface area contributed by atoms with Gasteiger partial charge in [0.1, 0.15) is 6.73 Å². The highest BCUT2D eigenvalue weighted by atomic mass is 32.2. The number of nitrogens with zero attached hydrogens (tertiary/aromatic N) is 1. The van der Waals surface area contributed by atoms with Crippen molar-refractivity contribution in [3.8, 4) is 0 Å². The van der Waals surface area contributed by atoms with Gasteiger partial charge in [-0.25, -0.2) is 4.99 Å². The molecule has 0 spiro atoms. The first-order chi connectivity index (χ1) is 3.81. The Hall–Kier alpha value is -0.220. The number of aliphatic imine (C=N–C) groups is 1. The SMILES string of the molecule is COCN=C(N)SC. The largest absolute Gasteiger partial charge is 0.378 e. The Morgan fingerprint density at radius 1 is 1.88 bits per heavy atom. The van der Waals surface area contributed by atoms with E-state index in [0.29, 0.717) is 11.9 Å². The lowest BCUT2D eigenvalue weighted by molar-refractivity contribution is 0.209. The molecule has 8 heavy (non-hydrogen) atoms. The van der Waals surface area contributed by atoms with Gasteiger partial charge in [0.15, 0.2) is 5.17 Å². The highest BCUT2D eigenvalue weighted by molar-refractivity contribution is 8.13. The van der Waals surface area contributed by atoms with Crippen LogP contribution in [0.5, 0.6) is 0 Å². The van der Waals surface area contributed by atoms with E-state index < -0.39 is 0 Å². The van der Waals surface area contributed by atoms with Crippen molar-refractivity contribution in [1.82, 2.24) is 0 Å². The molecule has 0 aromatic heterocycles. The highest BCUT2D eigenvalue weighted by Crippen LogP contribution is 1.89. The molecular weight excluding hydrogens is 124 g/mol. The maximum Gasteiger partial charge on any atom is 0.155 e. The van der Waals surface area contributed by atoms with Crippen molar-refractivity contribution in [1.29, 1.82) is 0 Å². The van der Waals surface area contributed by atoms with Crippen molar-refractivity contribution >= 4 is 16.9 Å². The van der Waals surface area contributed by atoms with E-state index in [1.54, 1.807) is 7.11 Å². The summed E-state index contributed by atoms with van der Waals surface area (Å²) in [6.07, 6.45) is 1.87. The van der Waals surface area contributed by atoms with Crippen LogP contribution in [0.2, 0.25) is 0 Å². The molecule has 0 unspecified atom stereocenters. The van der Waals surface area contributed by atoms with Gasteiger partial charge >= 0.3 is 0 Å². The number of hydrogen-bond acceptors (Lipinski definition) is 3. The summed E-state index contributed by atoms with van der Waals surface area (Å²) >= 11 is 1.41. The van der Waals surface area contributed by atoms with E-state index in [-0.39, 0.29) is 0 Å². The fourth-order valence-electron chi connectivity index (χ4n) is 0.193. The van der Waals surface area contributed by atoms with E-state index in [4.69, 9.17) is 5.73 Å². The van der Waals surface area contributed by atoms with Gasteiger partial charge in [-0.1, -0.05) is 11.8 Å². The second-order valence-corrected chi connectivity index (χ2v) is 1.94. The van der Waals surface area contributed by atoms with Crippen molar-refractivity contribution in [2.24, 2.45) is 10.7 Å². The van der Waals surface area contributed by atoms with Crippen LogP contribution in [0.1, 0.15) is 0 Å². The third-order valence-corrected chi connectivity index (χ3v) is 1.11. The van der Waals surface area contributed by atoms with Crippen LogP contribution < -0.4 is 5.73 Å². The van der Waals surface area contributed by atoms with E-state index in [1.165, 1.54) is 11.8 Å². The number of rotatable bonds is 2. The van der Waals surface area contributed by atoms with Gasteiger partial charge in [-0.15, -0.1) is 0 Å². The van der Waals surface area contributed by atoms with Gasteiger partial charge in [0.05, 0.1) is 0 Å². The quantitative estimate of drug-likeness (QED) is 0.435. The Bertz CT molecular complexity index is 84.1. The summed E-state index contributed by atoms with van der Waals surface area (Å²) < 4.78 is 4.63. The van der Waals surface area contributed by atoms with Crippen LogP contribution >= 0.6 is 11.8 Å². The van der Waals surface area contributed by atoms with Gasteiger partial charge in [0.25, 0.3) is 0 Å². The van der Waals surface area contributed by atoms with Crippen molar-refractivity contribution in [2.75, 3.05) is 20.1 Å². The van der Waals surface area contributed by atoms with Gasteiger partial charge in [-0.2, -0.15) is 0 Å². The molecule has 0 saturated heterocycles. The van der Waals surface area contributed by atoms with Gasteiger partial charge in [0, 0.05) is 7.11 Å². The molecule has 0 aliphatic carbocycles. The van der Waals surface area contributed by atoms with E-state index in [9.17, 15) is 0 Å². The summed E-state index contributed by atoms with van der Waals surface area (Å²) in [5.41, 5.74) is 5.29. The molecule has 0 amide bonds. The molecule has 4 heteroatoms. The standard InChI is InChI=1S/C4H10N2OS/c1-7-3-6-4(5)8-2/h3H2,1-2H3,(H2,5,6). The van der Waals surface area contributed by atoms with Crippen LogP contribution in [0.3, 0.4) is 0 Å². The lowest BCUT2D eigenvalue weighted by Gasteiger charge is -1.91. The van der Waals surface area contributed by atoms with Crippen LogP contribution in [0.25, 0.3) is 0 Å². The zero-order chi connectivity index (χ0) is 6.41. The molecule has 0 rings (SSSR count). The fourth-order valence-corrected chi connectivity index (χ4v) is 0.375. The van der Waals surface area contributed by atoms with E-state index >= 15 is 0 Å². The molecule has 0 heterocycles. The summed E-state index contributed by atoms with van der Waals surface area (Å²) in [6.45, 7) is 0.354. The van der Waals surface area contributed by atoms with Crippen LogP contribution in [0.15, 0.2) is 4.99 Å². The van der Waals surface area contributed by atoms with Crippen molar-refractivity contribution < 1.29 is 4.74 Å². The summed E-state index contributed by atoms with van der Waals surface area (Å²) in [6, 6.07) is 0. The number of amidine groups is 1. The van der Waals surface area contributed by atoms with Crippen LogP contribution in [-0.4, -0.2) is 25.3 Å². The van der Waals surface area contributed by atoms with Gasteiger partial charge in [0.2, 0.25) is 0 Å². The Kier molecular flexibility index (Phi) is 4.79. The minimum Gasteiger partial charge on any atom is -0.378 e. The van der Waals surface area contributed by atoms with E-state index in [2.05, 4.69) is 9.73 Å². The fraction of sp³-hybridized carbons (Fsp3) is 0.750. The summed E-state index contributed by atoms with van der Waals surface area (Å²) in [5.74, 6) is 0. The lowest BCUT2D eigenvalue weighted by Crippen LogP contribution is -2.06. The Morgan fingerprint density at radius 3 is 2.88 bits per heavy atom. The normalized spacial score (nSPS) is 12.0. The Balaban J connectivity index is 3.26. The number of nitrogens with two attached hydrogens (primary N) is 1. The lowest BCUT2D eigenvalue weighted by atomic mass is 11.2. The number of methoxy groups -OCH3 is 1. The third-order valence-electron chi connectivity index (χ3n) is 0.559. The first-order valence-corrected chi connectivity index (χ1v) is 3.36. The molecule has 0 atom stereocenters. The van der Waals surface area contributed by atoms with Gasteiger partial charge in [-0.05, 0) is 6.26 Å². The molecule has 0 aliphatic heterocycles. The number of hydrogen-bond donors (Lipinski definition) is 1. The van der Waals surface area contributed by atoms with Gasteiger partial charge < -0.3 is 10.5 Å². The predicted molar refractivity (Wildman–Crippen MR) is 37.0 cm³/mol. The monoisotopic (exact) mass is 134 g/mol. The summed E-state index contributed by atoms with van der Waals surface area (Å²) in [4.78, 5) is 3.80. The maximum absolute atomic E-state index is 5.29. The molecule has 0 radical (unpaired) electrons. The average Bonchev–Trinajstić information content (AvgIpc) is 1.83. The summed E-state index contributed by atoms with van der Waals surface area (Å²) in [5, 5.41) is 0.562. The molecule has 0 aromatic carbocycles. The van der Waals surface area contributed by atoms with Gasteiger partial charge in [-0.3, -0.25) is 0 Å². The minimum absolute atomic E-state index is 0.354. The van der Waals surface area contributed by atoms with Crippen LogP contribution in [0.4, 0.5) is 0 Å². The maximum atomic E-state index is 5.29. The summed E-state index contributed by atoms with van der Waals surface area (Å²) in [7, 11) is 1.58. The molecule has 0 aliphatic rings. The molecule has 0 aromatic rings. The molecule has 48 valence electrons. The average molecular weight is 134 g/mol. The third kappa shape index (κ3) is 3.95. The van der Waals surface area contributed by atoms with Crippen LogP contribution in [-0.2, 0) is 4.74 Å². The molecule has 3 nitrogen and oxygen atoms in total. The number of ether oxygens (including phenoxy) is 1. The second-order valence-electron chi connectivity index (χ2n) is 1.12. The minimum atomic E-state index is 0.354. The Labute approximate surface area is 53.3 Å². The van der Waals surface area contributed by atoms with Crippen molar-refractivity contribution in [3.05, 3.63) is 0 Å². The zero-order valence-corrected chi connectivity index (χ0v) is 5.86. The number of thioether (sulfide) groups is 1. The molecule has 0 bridgehead atoms. The van der Waals surface area contributed by atoms with Crippen molar-refractivity contribution in [2.45, 2.75) is 0 Å². The molecule has 0 saturated carbocycles.